The average molecular weight is 545 g/mol. The number of nitrogens with zero attached hydrogens (tertiary/aromatic N) is 3. The van der Waals surface area contributed by atoms with Gasteiger partial charge in [-0.3, -0.25) is 9.89 Å². The van der Waals surface area contributed by atoms with E-state index >= 15 is 0 Å². The van der Waals surface area contributed by atoms with Crippen molar-refractivity contribution in [1.82, 2.24) is 15.1 Å². The topological polar surface area (TPSA) is 49.3 Å². The highest BCUT2D eigenvalue weighted by molar-refractivity contribution is 14.0. The molecule has 2 heterocycles. The second-order valence-electron chi connectivity index (χ2n) is 8.53. The molecule has 3 rings (SSSR count). The third-order valence-electron chi connectivity index (χ3n) is 5.95. The summed E-state index contributed by atoms with van der Waals surface area (Å²) in [7, 11) is 2.12. The van der Waals surface area contributed by atoms with Crippen molar-refractivity contribution in [2.45, 2.75) is 45.3 Å². The van der Waals surface area contributed by atoms with Crippen LogP contribution in [-0.2, 0) is 16.0 Å². The Balaban J connectivity index is 0.00000341. The summed E-state index contributed by atoms with van der Waals surface area (Å²) in [5.74, 6) is 1.62. The van der Waals surface area contributed by atoms with Gasteiger partial charge in [-0.25, -0.2) is 0 Å². The first kappa shape index (κ1) is 26.4. The highest BCUT2D eigenvalue weighted by Gasteiger charge is 2.20. The average Bonchev–Trinajstić information content (AvgIpc) is 3.27. The van der Waals surface area contributed by atoms with Crippen molar-refractivity contribution in [3.63, 3.8) is 0 Å². The largest absolute Gasteiger partial charge is 0.381 e. The van der Waals surface area contributed by atoms with E-state index in [4.69, 9.17) is 14.5 Å². The maximum Gasteiger partial charge on any atom is 0.193 e. The van der Waals surface area contributed by atoms with Gasteiger partial charge in [0.2, 0.25) is 0 Å². The van der Waals surface area contributed by atoms with E-state index in [9.17, 15) is 0 Å². The highest BCUT2D eigenvalue weighted by Crippen LogP contribution is 2.16. The molecule has 1 unspecified atom stereocenters. The summed E-state index contributed by atoms with van der Waals surface area (Å²) < 4.78 is 11.6. The summed E-state index contributed by atoms with van der Waals surface area (Å²) in [6.07, 6.45) is 4.79. The molecular formula is C24H41IN4O2. The van der Waals surface area contributed by atoms with E-state index in [0.29, 0.717) is 12.0 Å². The Hall–Kier alpha value is -0.900. The smallest absolute Gasteiger partial charge is 0.193 e. The molecule has 2 fully saturated rings. The van der Waals surface area contributed by atoms with Gasteiger partial charge in [-0.15, -0.1) is 24.0 Å². The van der Waals surface area contributed by atoms with Crippen LogP contribution in [0.1, 0.15) is 38.2 Å². The standard InChI is InChI=1S/C24H40N4O2.HI/c1-3-25-24(27(2)18-22-12-17-29-20-22)26-13-7-16-30-23-10-14-28(15-11-23)19-21-8-5-4-6-9-21;/h4-6,8-9,22-23H,3,7,10-20H2,1-2H3,(H,25,26);1H. The van der Waals surface area contributed by atoms with Crippen LogP contribution in [0.25, 0.3) is 0 Å². The Morgan fingerprint density at radius 2 is 2.00 bits per heavy atom. The first-order chi connectivity index (χ1) is 14.7. The van der Waals surface area contributed by atoms with Crippen LogP contribution in [0.2, 0.25) is 0 Å². The van der Waals surface area contributed by atoms with Crippen molar-refractivity contribution < 1.29 is 9.47 Å². The summed E-state index contributed by atoms with van der Waals surface area (Å²) >= 11 is 0. The number of rotatable bonds is 10. The zero-order chi connectivity index (χ0) is 21.0. The van der Waals surface area contributed by atoms with Crippen LogP contribution in [0.4, 0.5) is 0 Å². The van der Waals surface area contributed by atoms with E-state index in [0.717, 1.165) is 90.7 Å². The molecule has 2 saturated heterocycles. The molecule has 176 valence electrons. The summed E-state index contributed by atoms with van der Waals surface area (Å²) in [6.45, 7) is 10.7. The first-order valence-corrected chi connectivity index (χ1v) is 11.7. The van der Waals surface area contributed by atoms with Crippen molar-refractivity contribution >= 4 is 29.9 Å². The van der Waals surface area contributed by atoms with Crippen LogP contribution in [-0.4, -0.2) is 81.5 Å². The van der Waals surface area contributed by atoms with E-state index in [1.54, 1.807) is 0 Å². The SMILES string of the molecule is CCNC(=NCCCOC1CCN(Cc2ccccc2)CC1)N(C)CC1CCOC1.I. The molecule has 0 amide bonds. The number of guanidine groups is 1. The van der Waals surface area contributed by atoms with E-state index in [-0.39, 0.29) is 24.0 Å². The van der Waals surface area contributed by atoms with Crippen molar-refractivity contribution in [2.24, 2.45) is 10.9 Å². The molecular weight excluding hydrogens is 503 g/mol. The molecule has 6 nitrogen and oxygen atoms in total. The summed E-state index contributed by atoms with van der Waals surface area (Å²) in [5.41, 5.74) is 1.40. The molecule has 0 bridgehead atoms. The predicted octanol–water partition coefficient (Wildman–Crippen LogP) is 3.61. The van der Waals surface area contributed by atoms with E-state index in [1.165, 1.54) is 5.56 Å². The number of hydrogen-bond acceptors (Lipinski definition) is 4. The minimum atomic E-state index is 0. The van der Waals surface area contributed by atoms with Gasteiger partial charge in [-0.2, -0.15) is 0 Å². The minimum Gasteiger partial charge on any atom is -0.381 e. The third-order valence-corrected chi connectivity index (χ3v) is 5.95. The highest BCUT2D eigenvalue weighted by atomic mass is 127. The quantitative estimate of drug-likeness (QED) is 0.211. The number of nitrogens with one attached hydrogen (secondary N) is 1. The van der Waals surface area contributed by atoms with E-state index < -0.39 is 0 Å². The fourth-order valence-corrected chi connectivity index (χ4v) is 4.25. The molecule has 0 aromatic heterocycles. The molecule has 31 heavy (non-hydrogen) atoms. The molecule has 0 aliphatic carbocycles. The fourth-order valence-electron chi connectivity index (χ4n) is 4.25. The fraction of sp³-hybridized carbons (Fsp3) is 0.708. The van der Waals surface area contributed by atoms with Gasteiger partial charge in [0.25, 0.3) is 0 Å². The van der Waals surface area contributed by atoms with Gasteiger partial charge in [0.15, 0.2) is 5.96 Å². The Bertz CT molecular complexity index is 617. The number of piperidine rings is 1. The van der Waals surface area contributed by atoms with Crippen molar-refractivity contribution in [3.05, 3.63) is 35.9 Å². The van der Waals surface area contributed by atoms with Crippen LogP contribution >= 0.6 is 24.0 Å². The van der Waals surface area contributed by atoms with Gasteiger partial charge < -0.3 is 19.7 Å². The second kappa shape index (κ2) is 15.0. The van der Waals surface area contributed by atoms with Gasteiger partial charge in [-0.1, -0.05) is 30.3 Å². The maximum absolute atomic E-state index is 6.14. The number of hydrogen-bond donors (Lipinski definition) is 1. The van der Waals surface area contributed by atoms with Gasteiger partial charge in [-0.05, 0) is 38.2 Å². The van der Waals surface area contributed by atoms with Crippen LogP contribution in [0.15, 0.2) is 35.3 Å². The Morgan fingerprint density at radius 1 is 1.23 bits per heavy atom. The Kier molecular flexibility index (Phi) is 12.8. The zero-order valence-electron chi connectivity index (χ0n) is 19.3. The van der Waals surface area contributed by atoms with Gasteiger partial charge >= 0.3 is 0 Å². The number of aliphatic imine (C=N–C) groups is 1. The lowest BCUT2D eigenvalue weighted by molar-refractivity contribution is 0.00564. The molecule has 0 saturated carbocycles. The molecule has 2 aliphatic heterocycles. The molecule has 1 N–H and O–H groups in total. The second-order valence-corrected chi connectivity index (χ2v) is 8.53. The van der Waals surface area contributed by atoms with Crippen molar-refractivity contribution in [2.75, 3.05) is 59.6 Å². The number of benzene rings is 1. The Labute approximate surface area is 205 Å². The monoisotopic (exact) mass is 544 g/mol. The molecule has 1 aromatic rings. The third kappa shape index (κ3) is 9.63. The minimum absolute atomic E-state index is 0. The summed E-state index contributed by atoms with van der Waals surface area (Å²) in [6, 6.07) is 10.7. The van der Waals surface area contributed by atoms with Crippen molar-refractivity contribution in [1.29, 1.82) is 0 Å². The molecule has 1 atom stereocenters. The normalized spacial score (nSPS) is 20.5. The van der Waals surface area contributed by atoms with E-state index in [2.05, 4.69) is 59.4 Å². The van der Waals surface area contributed by atoms with Crippen LogP contribution in [0.3, 0.4) is 0 Å². The van der Waals surface area contributed by atoms with Gasteiger partial charge in [0.05, 0.1) is 12.7 Å². The number of halogens is 1. The van der Waals surface area contributed by atoms with E-state index in [1.807, 2.05) is 0 Å². The van der Waals surface area contributed by atoms with Gasteiger partial charge in [0.1, 0.15) is 0 Å². The number of likely N-dealkylation sites (tertiary alicyclic amines) is 1. The lowest BCUT2D eigenvalue weighted by atomic mass is 10.1. The maximum atomic E-state index is 6.14. The van der Waals surface area contributed by atoms with Crippen LogP contribution in [0.5, 0.6) is 0 Å². The molecule has 1 aromatic carbocycles. The lowest BCUT2D eigenvalue weighted by Crippen LogP contribution is -2.41. The van der Waals surface area contributed by atoms with Crippen molar-refractivity contribution in [3.8, 4) is 0 Å². The molecule has 7 heteroatoms. The summed E-state index contributed by atoms with van der Waals surface area (Å²) in [5, 5.41) is 3.41. The van der Waals surface area contributed by atoms with Crippen LogP contribution < -0.4 is 5.32 Å². The molecule has 0 spiro atoms. The zero-order valence-corrected chi connectivity index (χ0v) is 21.6. The summed E-state index contributed by atoms with van der Waals surface area (Å²) in [4.78, 5) is 9.58. The number of ether oxygens (including phenoxy) is 2. The lowest BCUT2D eigenvalue weighted by Gasteiger charge is -2.32. The molecule has 0 radical (unpaired) electrons. The Morgan fingerprint density at radius 3 is 2.68 bits per heavy atom. The predicted molar refractivity (Wildman–Crippen MR) is 138 cm³/mol. The first-order valence-electron chi connectivity index (χ1n) is 11.7. The van der Waals surface area contributed by atoms with Crippen LogP contribution in [0, 0.1) is 5.92 Å². The molecule has 2 aliphatic rings. The van der Waals surface area contributed by atoms with Gasteiger partial charge in [0, 0.05) is 65.4 Å².